The van der Waals surface area contributed by atoms with Crippen LogP contribution in [0.4, 0.5) is 9.18 Å². The number of carbonyl (C=O) groups excluding carboxylic acids is 1. The summed E-state index contributed by atoms with van der Waals surface area (Å²) in [4.78, 5) is 14.2. The number of nitrogens with zero attached hydrogens (tertiary/aromatic N) is 4. The quantitative estimate of drug-likeness (QED) is 0.933. The van der Waals surface area contributed by atoms with E-state index >= 15 is 0 Å². The Bertz CT molecular complexity index is 685. The van der Waals surface area contributed by atoms with Crippen LogP contribution in [-0.2, 0) is 13.5 Å². The summed E-state index contributed by atoms with van der Waals surface area (Å²) in [5.41, 5.74) is 1.01. The third-order valence-corrected chi connectivity index (χ3v) is 4.42. The second-order valence-electron chi connectivity index (χ2n) is 6.19. The van der Waals surface area contributed by atoms with Crippen molar-refractivity contribution in [3.8, 4) is 0 Å². The molecule has 3 rings (SSSR count). The van der Waals surface area contributed by atoms with Gasteiger partial charge in [-0.1, -0.05) is 12.1 Å². The summed E-state index contributed by atoms with van der Waals surface area (Å²) in [7, 11) is 1.93. The van der Waals surface area contributed by atoms with Gasteiger partial charge in [0.15, 0.2) is 0 Å². The molecule has 1 N–H and O–H groups in total. The van der Waals surface area contributed by atoms with Crippen molar-refractivity contribution in [3.05, 3.63) is 47.8 Å². The number of piperidine rings is 1. The summed E-state index contributed by atoms with van der Waals surface area (Å²) >= 11 is 0. The highest BCUT2D eigenvalue weighted by Gasteiger charge is 2.27. The molecule has 1 fully saturated rings. The molecule has 1 saturated heterocycles. The molecule has 1 aliphatic rings. The van der Waals surface area contributed by atoms with E-state index in [1.807, 2.05) is 16.5 Å². The fraction of sp³-hybridized carbons (Fsp3) is 0.471. The molecule has 0 aliphatic carbocycles. The maximum atomic E-state index is 12.9. The zero-order valence-corrected chi connectivity index (χ0v) is 13.8. The Balaban J connectivity index is 1.49. The van der Waals surface area contributed by atoms with Crippen molar-refractivity contribution in [2.24, 2.45) is 7.05 Å². The van der Waals surface area contributed by atoms with Gasteiger partial charge in [-0.3, -0.25) is 0 Å². The lowest BCUT2D eigenvalue weighted by molar-refractivity contribution is 0.178. The first-order valence-electron chi connectivity index (χ1n) is 8.24. The second kappa shape index (κ2) is 7.42. The van der Waals surface area contributed by atoms with Crippen LogP contribution in [0, 0.1) is 5.82 Å². The molecule has 0 radical (unpaired) electrons. The lowest BCUT2D eigenvalue weighted by Crippen LogP contribution is -2.45. The summed E-state index contributed by atoms with van der Waals surface area (Å²) in [5.74, 6) is 0.916. The molecule has 2 aromatic rings. The lowest BCUT2D eigenvalue weighted by Gasteiger charge is -2.32. The maximum absolute atomic E-state index is 12.9. The number of rotatable bonds is 4. The van der Waals surface area contributed by atoms with Gasteiger partial charge < -0.3 is 14.8 Å². The van der Waals surface area contributed by atoms with Gasteiger partial charge in [-0.15, -0.1) is 10.2 Å². The van der Waals surface area contributed by atoms with Crippen LogP contribution in [0.3, 0.4) is 0 Å². The molecule has 7 heteroatoms. The second-order valence-corrected chi connectivity index (χ2v) is 6.19. The molecule has 1 aromatic carbocycles. The molecule has 0 bridgehead atoms. The number of benzene rings is 1. The van der Waals surface area contributed by atoms with E-state index in [1.54, 1.807) is 18.5 Å². The fourth-order valence-corrected chi connectivity index (χ4v) is 3.11. The molecule has 2 amide bonds. The Morgan fingerprint density at radius 1 is 1.38 bits per heavy atom. The standard InChI is InChI=1S/C17H22FN5O/c1-22-12-20-21-16(22)14-3-2-10-23(11-14)17(24)19-9-8-13-4-6-15(18)7-5-13/h4-7,12,14H,2-3,8-11H2,1H3,(H,19,24)/t14-/m1/s1. The summed E-state index contributed by atoms with van der Waals surface area (Å²) < 4.78 is 14.8. The number of likely N-dealkylation sites (tertiary alicyclic amines) is 1. The molecule has 0 spiro atoms. The number of hydrogen-bond acceptors (Lipinski definition) is 3. The molecular weight excluding hydrogens is 309 g/mol. The molecule has 1 aliphatic heterocycles. The largest absolute Gasteiger partial charge is 0.338 e. The van der Waals surface area contributed by atoms with Crippen LogP contribution < -0.4 is 5.32 Å². The minimum atomic E-state index is -0.245. The van der Waals surface area contributed by atoms with Crippen LogP contribution in [0.5, 0.6) is 0 Å². The smallest absolute Gasteiger partial charge is 0.317 e. The van der Waals surface area contributed by atoms with Gasteiger partial charge in [0.25, 0.3) is 0 Å². The molecule has 24 heavy (non-hydrogen) atoms. The van der Waals surface area contributed by atoms with Crippen molar-refractivity contribution in [1.29, 1.82) is 0 Å². The molecular formula is C17H22FN5O. The van der Waals surface area contributed by atoms with Gasteiger partial charge in [-0.05, 0) is 37.0 Å². The van der Waals surface area contributed by atoms with Crippen LogP contribution in [0.1, 0.15) is 30.1 Å². The number of urea groups is 1. The number of carbonyl (C=O) groups is 1. The number of nitrogens with one attached hydrogen (secondary N) is 1. The first-order chi connectivity index (χ1) is 11.6. The van der Waals surface area contributed by atoms with Crippen LogP contribution in [0.25, 0.3) is 0 Å². The van der Waals surface area contributed by atoms with E-state index in [-0.39, 0.29) is 17.8 Å². The summed E-state index contributed by atoms with van der Waals surface area (Å²) in [6.07, 6.45) is 4.36. The van der Waals surface area contributed by atoms with E-state index in [1.165, 1.54) is 12.1 Å². The Morgan fingerprint density at radius 3 is 2.88 bits per heavy atom. The number of aromatic nitrogens is 3. The van der Waals surface area contributed by atoms with Gasteiger partial charge in [0.2, 0.25) is 0 Å². The third-order valence-electron chi connectivity index (χ3n) is 4.42. The van der Waals surface area contributed by atoms with Crippen molar-refractivity contribution in [3.63, 3.8) is 0 Å². The van der Waals surface area contributed by atoms with E-state index in [2.05, 4.69) is 15.5 Å². The zero-order chi connectivity index (χ0) is 16.9. The van der Waals surface area contributed by atoms with E-state index in [4.69, 9.17) is 0 Å². The van der Waals surface area contributed by atoms with E-state index in [9.17, 15) is 9.18 Å². The summed E-state index contributed by atoms with van der Waals surface area (Å²) in [5, 5.41) is 11.0. The lowest BCUT2D eigenvalue weighted by atomic mass is 9.97. The molecule has 1 aromatic heterocycles. The molecule has 1 atom stereocenters. The van der Waals surface area contributed by atoms with E-state index in [0.717, 1.165) is 30.8 Å². The summed E-state index contributed by atoms with van der Waals surface area (Å²) in [6, 6.07) is 6.31. The number of halogens is 1. The number of aryl methyl sites for hydroxylation is 1. The van der Waals surface area contributed by atoms with Crippen LogP contribution in [0.15, 0.2) is 30.6 Å². The SMILES string of the molecule is Cn1cnnc1[C@@H]1CCCN(C(=O)NCCc2ccc(F)cc2)C1. The van der Waals surface area contributed by atoms with Gasteiger partial charge >= 0.3 is 6.03 Å². The van der Waals surface area contributed by atoms with Crippen molar-refractivity contribution in [2.75, 3.05) is 19.6 Å². The van der Waals surface area contributed by atoms with Crippen molar-refractivity contribution >= 4 is 6.03 Å². The normalized spacial score (nSPS) is 17.8. The van der Waals surface area contributed by atoms with Crippen LogP contribution in [-0.4, -0.2) is 45.3 Å². The van der Waals surface area contributed by atoms with E-state index < -0.39 is 0 Å². The average Bonchev–Trinajstić information content (AvgIpc) is 3.03. The fourth-order valence-electron chi connectivity index (χ4n) is 3.11. The molecule has 0 saturated carbocycles. The minimum absolute atomic E-state index is 0.0519. The van der Waals surface area contributed by atoms with E-state index in [0.29, 0.717) is 19.5 Å². The third kappa shape index (κ3) is 3.90. The van der Waals surface area contributed by atoms with Gasteiger partial charge in [0, 0.05) is 32.6 Å². The number of hydrogen-bond donors (Lipinski definition) is 1. The Hall–Kier alpha value is -2.44. The van der Waals surface area contributed by atoms with Gasteiger partial charge in [-0.25, -0.2) is 9.18 Å². The molecule has 0 unspecified atom stereocenters. The van der Waals surface area contributed by atoms with Gasteiger partial charge in [0.05, 0.1) is 0 Å². The first kappa shape index (κ1) is 16.4. The predicted molar refractivity (Wildman–Crippen MR) is 88.1 cm³/mol. The highest BCUT2D eigenvalue weighted by molar-refractivity contribution is 5.74. The van der Waals surface area contributed by atoms with Crippen LogP contribution >= 0.6 is 0 Å². The Kier molecular flexibility index (Phi) is 5.08. The summed E-state index contributed by atoms with van der Waals surface area (Å²) in [6.45, 7) is 1.96. The molecule has 128 valence electrons. The van der Waals surface area contributed by atoms with Crippen LogP contribution in [0.2, 0.25) is 0 Å². The zero-order valence-electron chi connectivity index (χ0n) is 13.8. The monoisotopic (exact) mass is 331 g/mol. The minimum Gasteiger partial charge on any atom is -0.338 e. The number of amides is 2. The average molecular weight is 331 g/mol. The van der Waals surface area contributed by atoms with Gasteiger partial charge in [-0.2, -0.15) is 0 Å². The first-order valence-corrected chi connectivity index (χ1v) is 8.24. The topological polar surface area (TPSA) is 63.1 Å². The maximum Gasteiger partial charge on any atom is 0.317 e. The molecule has 6 nitrogen and oxygen atoms in total. The van der Waals surface area contributed by atoms with Crippen molar-refractivity contribution < 1.29 is 9.18 Å². The van der Waals surface area contributed by atoms with Gasteiger partial charge in [0.1, 0.15) is 18.0 Å². The highest BCUT2D eigenvalue weighted by Crippen LogP contribution is 2.24. The van der Waals surface area contributed by atoms with Crippen molar-refractivity contribution in [1.82, 2.24) is 25.0 Å². The molecule has 2 heterocycles. The predicted octanol–water partition coefficient (Wildman–Crippen LogP) is 2.09. The van der Waals surface area contributed by atoms with Crippen molar-refractivity contribution in [2.45, 2.75) is 25.2 Å². The Labute approximate surface area is 140 Å². The Morgan fingerprint density at radius 2 is 2.17 bits per heavy atom. The highest BCUT2D eigenvalue weighted by atomic mass is 19.1.